The first-order valence-electron chi connectivity index (χ1n) is 1.39. The lowest BCUT2D eigenvalue weighted by molar-refractivity contribution is -0.112. The highest BCUT2D eigenvalue weighted by Gasteiger charge is 1.85. The van der Waals surface area contributed by atoms with Crippen LogP contribution in [0, 0.1) is 0 Å². The lowest BCUT2D eigenvalue weighted by atomic mass is 11.0. The molecule has 0 saturated carbocycles. The van der Waals surface area contributed by atoms with E-state index in [1.165, 1.54) is 4.90 Å². The molecule has 0 aromatic heterocycles. The molecule has 0 fully saturated rings. The second kappa shape index (κ2) is 1.91. The summed E-state index contributed by atoms with van der Waals surface area (Å²) in [6, 6.07) is 0. The number of rotatable bonds is 1. The van der Waals surface area contributed by atoms with Crippen LogP contribution in [-0.4, -0.2) is 20.5 Å². The van der Waals surface area contributed by atoms with Crippen LogP contribution in [0.25, 0.3) is 0 Å². The van der Waals surface area contributed by atoms with Gasteiger partial charge < -0.3 is 0 Å². The Bertz CT molecular complexity index is 33.9. The maximum Gasteiger partial charge on any atom is 0.348 e. The summed E-state index contributed by atoms with van der Waals surface area (Å²) < 4.78 is 0. The van der Waals surface area contributed by atoms with Gasteiger partial charge in [0.2, 0.25) is 0 Å². The molecule has 0 aromatic rings. The van der Waals surface area contributed by atoms with Gasteiger partial charge in [0.25, 0.3) is 0 Å². The van der Waals surface area contributed by atoms with Gasteiger partial charge in [-0.15, -0.1) is 4.90 Å². The van der Waals surface area contributed by atoms with Crippen LogP contribution < -0.4 is 4.90 Å². The molecule has 0 N–H and O–H groups in total. The van der Waals surface area contributed by atoms with Gasteiger partial charge in [-0.1, -0.05) is 0 Å². The van der Waals surface area contributed by atoms with Gasteiger partial charge in [-0.05, 0) is 0 Å². The molecule has 0 aliphatic heterocycles. The van der Waals surface area contributed by atoms with Gasteiger partial charge in [-0.25, -0.2) is 4.79 Å². The molecule has 0 aromatic carbocycles. The number of carbonyl (C=O) groups excluding carboxylic acids is 1. The van der Waals surface area contributed by atoms with Crippen LogP contribution in [0.15, 0.2) is 0 Å². The predicted octanol–water partition coefficient (Wildman–Crippen LogP) is -0.458. The van der Waals surface area contributed by atoms with Crippen molar-refractivity contribution in [2.75, 3.05) is 14.1 Å². The monoisotopic (exact) mass is 73.1 g/mol. The lowest BCUT2D eigenvalue weighted by Crippen LogP contribution is -2.14. The van der Waals surface area contributed by atoms with Crippen molar-refractivity contribution < 1.29 is 4.79 Å². The summed E-state index contributed by atoms with van der Waals surface area (Å²) in [5, 5.41) is 0. The van der Waals surface area contributed by atoms with Crippen LogP contribution in [0.4, 0.5) is 0 Å². The summed E-state index contributed by atoms with van der Waals surface area (Å²) in [4.78, 5) is 10.9. The third-order valence-corrected chi connectivity index (χ3v) is 0.211. The maximum atomic E-state index is 9.43. The standard InChI is InChI=1S/C3H7NO/c1-4(2)3-5/h3H,1-2H3/q+1. The van der Waals surface area contributed by atoms with E-state index in [2.05, 4.69) is 0 Å². The molecular formula is C3H7NO+. The molecule has 29 valence electrons. The molecule has 2 nitrogen and oxygen atoms in total. The van der Waals surface area contributed by atoms with Crippen LogP contribution >= 0.6 is 0 Å². The van der Waals surface area contributed by atoms with Crippen molar-refractivity contribution in [3.8, 4) is 0 Å². The Balaban J connectivity index is 2.83. The van der Waals surface area contributed by atoms with Crippen LogP contribution in [0.2, 0.25) is 0 Å². The smallest absolute Gasteiger partial charge is 0.228 e. The topological polar surface area (TPSA) is 23.0 Å². The molecule has 0 saturated heterocycles. The van der Waals surface area contributed by atoms with E-state index >= 15 is 0 Å². The summed E-state index contributed by atoms with van der Waals surface area (Å²) >= 11 is 0. The van der Waals surface area contributed by atoms with E-state index in [4.69, 9.17) is 0 Å². The Hall–Kier alpha value is -0.370. The molecule has 0 aliphatic rings. The van der Waals surface area contributed by atoms with Crippen molar-refractivity contribution in [2.24, 2.45) is 0 Å². The summed E-state index contributed by atoms with van der Waals surface area (Å²) in [6.07, 6.45) is 0.750. The van der Waals surface area contributed by atoms with Gasteiger partial charge in [0.05, 0.1) is 0 Å². The minimum Gasteiger partial charge on any atom is -0.228 e. The lowest BCUT2D eigenvalue weighted by Gasteiger charge is -1.75. The average molecular weight is 73.1 g/mol. The largest absolute Gasteiger partial charge is 0.348 e. The molecule has 0 unspecified atom stereocenters. The van der Waals surface area contributed by atoms with Crippen molar-refractivity contribution in [3.05, 3.63) is 0 Å². The van der Waals surface area contributed by atoms with Gasteiger partial charge in [0, 0.05) is 0 Å². The normalized spacial score (nSPS) is 8.60. The average Bonchev–Trinajstić information content (AvgIpc) is 1.38. The summed E-state index contributed by atoms with van der Waals surface area (Å²) in [5.74, 6) is 0. The number of nitrogens with zero attached hydrogens (tertiary/aromatic N) is 1. The molecule has 1 amide bonds. The number of carbonyl (C=O) groups is 1. The van der Waals surface area contributed by atoms with E-state index in [1.807, 2.05) is 0 Å². The third-order valence-electron chi connectivity index (χ3n) is 0.211. The first kappa shape index (κ1) is 4.63. The van der Waals surface area contributed by atoms with Gasteiger partial charge >= 0.3 is 6.41 Å². The molecule has 5 heavy (non-hydrogen) atoms. The Morgan fingerprint density at radius 3 is 1.80 bits per heavy atom. The zero-order valence-electron chi connectivity index (χ0n) is 3.43. The second-order valence-corrected chi connectivity index (χ2v) is 1.07. The molecule has 0 rings (SSSR count). The van der Waals surface area contributed by atoms with E-state index in [1.54, 1.807) is 14.1 Å². The Kier molecular flexibility index (Phi) is 1.76. The van der Waals surface area contributed by atoms with Crippen LogP contribution in [-0.2, 0) is 4.79 Å². The highest BCUT2D eigenvalue weighted by Crippen LogP contribution is 1.45. The summed E-state index contributed by atoms with van der Waals surface area (Å²) in [5.41, 5.74) is 0. The molecule has 0 aliphatic carbocycles. The highest BCUT2D eigenvalue weighted by molar-refractivity contribution is 5.48. The van der Waals surface area contributed by atoms with Gasteiger partial charge in [-0.3, -0.25) is 0 Å². The van der Waals surface area contributed by atoms with Gasteiger partial charge in [0.15, 0.2) is 0 Å². The van der Waals surface area contributed by atoms with E-state index in [9.17, 15) is 4.79 Å². The molecule has 0 bridgehead atoms. The third kappa shape index (κ3) is 3.63. The zero-order chi connectivity index (χ0) is 4.28. The number of amides is 1. The first-order valence-corrected chi connectivity index (χ1v) is 1.39. The van der Waals surface area contributed by atoms with Gasteiger partial charge in [0.1, 0.15) is 14.1 Å². The quantitative estimate of drug-likeness (QED) is 0.304. The van der Waals surface area contributed by atoms with Crippen molar-refractivity contribution in [2.45, 2.75) is 0 Å². The first-order chi connectivity index (χ1) is 2.27. The van der Waals surface area contributed by atoms with E-state index < -0.39 is 0 Å². The fourth-order valence-corrected chi connectivity index (χ4v) is 0. The van der Waals surface area contributed by atoms with E-state index in [0.717, 1.165) is 6.41 Å². The maximum absolute atomic E-state index is 9.43. The van der Waals surface area contributed by atoms with Crippen molar-refractivity contribution in [1.29, 1.82) is 0 Å². The predicted molar refractivity (Wildman–Crippen MR) is 20.0 cm³/mol. The van der Waals surface area contributed by atoms with E-state index in [-0.39, 0.29) is 0 Å². The fraction of sp³-hybridized carbons (Fsp3) is 0.667. The van der Waals surface area contributed by atoms with Crippen LogP contribution in [0.1, 0.15) is 0 Å². The molecular weight excluding hydrogens is 66.0 g/mol. The molecule has 0 heterocycles. The number of hydrogen-bond acceptors (Lipinski definition) is 1. The van der Waals surface area contributed by atoms with E-state index in [0.29, 0.717) is 0 Å². The number of hydrogen-bond donors (Lipinski definition) is 0. The van der Waals surface area contributed by atoms with Crippen molar-refractivity contribution >= 4 is 6.41 Å². The van der Waals surface area contributed by atoms with Crippen LogP contribution in [0.3, 0.4) is 0 Å². The molecule has 1 radical (unpaired) electrons. The minimum absolute atomic E-state index is 0.750. The molecule has 0 atom stereocenters. The van der Waals surface area contributed by atoms with Crippen molar-refractivity contribution in [3.63, 3.8) is 0 Å². The Morgan fingerprint density at radius 2 is 1.80 bits per heavy atom. The van der Waals surface area contributed by atoms with Gasteiger partial charge in [-0.2, -0.15) is 0 Å². The summed E-state index contributed by atoms with van der Waals surface area (Å²) in [7, 11) is 3.38. The summed E-state index contributed by atoms with van der Waals surface area (Å²) in [6.45, 7) is 0. The fourth-order valence-electron chi connectivity index (χ4n) is 0. The highest BCUT2D eigenvalue weighted by atomic mass is 16.1. The second-order valence-electron chi connectivity index (χ2n) is 1.07. The Labute approximate surface area is 31.4 Å². The SMILES string of the molecule is C[N+](C)C=O. The zero-order valence-corrected chi connectivity index (χ0v) is 3.43. The molecule has 2 heteroatoms. The van der Waals surface area contributed by atoms with Crippen molar-refractivity contribution in [1.82, 2.24) is 4.90 Å². The molecule has 0 spiro atoms. The minimum atomic E-state index is 0.750. The Morgan fingerprint density at radius 1 is 1.60 bits per heavy atom. The van der Waals surface area contributed by atoms with Crippen LogP contribution in [0.5, 0.6) is 0 Å².